The first kappa shape index (κ1) is 28.0. The van der Waals surface area contributed by atoms with Gasteiger partial charge in [-0.15, -0.1) is 0 Å². The molecule has 190 valence electrons. The number of carbonyl (C=O) groups excluding carboxylic acids is 1. The lowest BCUT2D eigenvalue weighted by Crippen LogP contribution is -2.45. The fraction of sp³-hybridized carbons (Fsp3) is 0.600. The summed E-state index contributed by atoms with van der Waals surface area (Å²) in [5, 5.41) is 2.71. The normalized spacial score (nSPS) is 18.9. The molecule has 2 rings (SSSR count). The van der Waals surface area contributed by atoms with E-state index in [-0.39, 0.29) is 17.8 Å². The standard InChI is InChI=1S/C25H41N5O3S/c1-17-13-24(14-18(2)26-17)15-23-11-10-12-30(16-23)21(5)19(3)20(4)25(27-22(6)31)29(9)34(32,33)28(7)8/h13-14,21,23H,3,10-12,15-16H2,1-2,4-9H3,(H,27,31)/b25-20-. The third-order valence-electron chi connectivity index (χ3n) is 6.52. The van der Waals surface area contributed by atoms with Crippen molar-refractivity contribution in [3.05, 3.63) is 52.6 Å². The zero-order valence-electron chi connectivity index (χ0n) is 22.0. The highest BCUT2D eigenvalue weighted by Crippen LogP contribution is 2.28. The molecule has 1 aromatic rings. The number of aryl methyl sites for hydroxylation is 2. The van der Waals surface area contributed by atoms with E-state index in [1.807, 2.05) is 20.8 Å². The molecule has 1 saturated heterocycles. The van der Waals surface area contributed by atoms with Gasteiger partial charge in [0.05, 0.1) is 0 Å². The van der Waals surface area contributed by atoms with Gasteiger partial charge in [-0.1, -0.05) is 6.58 Å². The molecule has 9 heteroatoms. The molecule has 0 aromatic carbocycles. The van der Waals surface area contributed by atoms with Crippen LogP contribution in [0.3, 0.4) is 0 Å². The van der Waals surface area contributed by atoms with Crippen LogP contribution < -0.4 is 5.32 Å². The van der Waals surface area contributed by atoms with Crippen molar-refractivity contribution in [1.29, 1.82) is 0 Å². The summed E-state index contributed by atoms with van der Waals surface area (Å²) in [6.45, 7) is 15.6. The summed E-state index contributed by atoms with van der Waals surface area (Å²) < 4.78 is 27.7. The van der Waals surface area contributed by atoms with Crippen molar-refractivity contribution in [3.63, 3.8) is 0 Å². The molecule has 1 aliphatic heterocycles. The lowest BCUT2D eigenvalue weighted by Gasteiger charge is -2.38. The molecule has 1 fully saturated rings. The Hall–Kier alpha value is -2.23. The number of likely N-dealkylation sites (tertiary alicyclic amines) is 1. The molecule has 1 aromatic heterocycles. The van der Waals surface area contributed by atoms with Crippen LogP contribution >= 0.6 is 0 Å². The largest absolute Gasteiger partial charge is 0.312 e. The molecule has 8 nitrogen and oxygen atoms in total. The lowest BCUT2D eigenvalue weighted by molar-refractivity contribution is -0.118. The average molecular weight is 492 g/mol. The van der Waals surface area contributed by atoms with Gasteiger partial charge < -0.3 is 5.32 Å². The van der Waals surface area contributed by atoms with E-state index in [1.165, 1.54) is 40.1 Å². The Kier molecular flexibility index (Phi) is 9.45. The summed E-state index contributed by atoms with van der Waals surface area (Å²) in [7, 11) is 0.599. The minimum Gasteiger partial charge on any atom is -0.312 e. The zero-order valence-corrected chi connectivity index (χ0v) is 22.8. The molecule has 1 N–H and O–H groups in total. The van der Waals surface area contributed by atoms with E-state index in [1.54, 1.807) is 0 Å². The summed E-state index contributed by atoms with van der Waals surface area (Å²) >= 11 is 0. The molecule has 1 amide bonds. The van der Waals surface area contributed by atoms with Crippen molar-refractivity contribution in [2.24, 2.45) is 5.92 Å². The molecule has 2 unspecified atom stereocenters. The Morgan fingerprint density at radius 2 is 1.82 bits per heavy atom. The first-order valence-corrected chi connectivity index (χ1v) is 13.2. The van der Waals surface area contributed by atoms with Crippen molar-refractivity contribution < 1.29 is 13.2 Å². The van der Waals surface area contributed by atoms with Crippen molar-refractivity contribution in [1.82, 2.24) is 23.8 Å². The maximum atomic E-state index is 12.7. The molecule has 2 heterocycles. The Labute approximate surface area is 205 Å². The summed E-state index contributed by atoms with van der Waals surface area (Å²) in [6, 6.07) is 4.34. The topological polar surface area (TPSA) is 85.8 Å². The van der Waals surface area contributed by atoms with Crippen molar-refractivity contribution >= 4 is 16.1 Å². The number of rotatable bonds is 9. The predicted molar refractivity (Wildman–Crippen MR) is 137 cm³/mol. The monoisotopic (exact) mass is 491 g/mol. The van der Waals surface area contributed by atoms with Gasteiger partial charge in [-0.25, -0.2) is 4.31 Å². The first-order chi connectivity index (χ1) is 15.7. The molecular weight excluding hydrogens is 450 g/mol. The van der Waals surface area contributed by atoms with E-state index in [2.05, 4.69) is 40.8 Å². The van der Waals surface area contributed by atoms with Gasteiger partial charge in [0, 0.05) is 52.0 Å². The number of pyridine rings is 1. The molecule has 0 bridgehead atoms. The Balaban J connectivity index is 2.24. The van der Waals surface area contributed by atoms with Gasteiger partial charge in [0.1, 0.15) is 5.82 Å². The molecule has 0 saturated carbocycles. The van der Waals surface area contributed by atoms with Gasteiger partial charge >= 0.3 is 10.2 Å². The van der Waals surface area contributed by atoms with Crippen LogP contribution in [0.5, 0.6) is 0 Å². The van der Waals surface area contributed by atoms with Gasteiger partial charge in [-0.3, -0.25) is 14.7 Å². The smallest absolute Gasteiger partial charge is 0.304 e. The van der Waals surface area contributed by atoms with E-state index in [9.17, 15) is 13.2 Å². The SMILES string of the molecule is C=C(/C(C)=C(/NC(C)=O)N(C)S(=O)(=O)N(C)C)C(C)N1CCCC(Cc2cc(C)nc(C)c2)C1. The van der Waals surface area contributed by atoms with Crippen LogP contribution in [0.25, 0.3) is 0 Å². The number of hydrogen-bond acceptors (Lipinski definition) is 5. The highest BCUT2D eigenvalue weighted by Gasteiger charge is 2.29. The second kappa shape index (κ2) is 11.5. The maximum absolute atomic E-state index is 12.7. The second-order valence-electron chi connectivity index (χ2n) is 9.58. The third kappa shape index (κ3) is 6.90. The summed E-state index contributed by atoms with van der Waals surface area (Å²) in [6.07, 6.45) is 3.28. The molecule has 0 spiro atoms. The number of nitrogens with zero attached hydrogens (tertiary/aromatic N) is 4. The Morgan fingerprint density at radius 1 is 1.24 bits per heavy atom. The van der Waals surface area contributed by atoms with Crippen LogP contribution in [0.1, 0.15) is 50.6 Å². The second-order valence-corrected chi connectivity index (χ2v) is 11.8. The fourth-order valence-electron chi connectivity index (χ4n) is 4.61. The summed E-state index contributed by atoms with van der Waals surface area (Å²) in [4.78, 5) is 18.8. The summed E-state index contributed by atoms with van der Waals surface area (Å²) in [5.41, 5.74) is 4.86. The van der Waals surface area contributed by atoms with E-state index in [0.717, 1.165) is 51.5 Å². The number of hydrogen-bond donors (Lipinski definition) is 1. The van der Waals surface area contributed by atoms with E-state index in [0.29, 0.717) is 11.5 Å². The van der Waals surface area contributed by atoms with Crippen molar-refractivity contribution in [2.45, 2.75) is 59.9 Å². The van der Waals surface area contributed by atoms with Crippen LogP contribution in [0.15, 0.2) is 35.7 Å². The molecule has 34 heavy (non-hydrogen) atoms. The highest BCUT2D eigenvalue weighted by molar-refractivity contribution is 7.86. The van der Waals surface area contributed by atoms with E-state index < -0.39 is 10.2 Å². The average Bonchev–Trinajstić information content (AvgIpc) is 2.74. The van der Waals surface area contributed by atoms with Gasteiger partial charge in [0.15, 0.2) is 0 Å². The lowest BCUT2D eigenvalue weighted by atomic mass is 9.89. The highest BCUT2D eigenvalue weighted by atomic mass is 32.2. The molecule has 1 aliphatic rings. The van der Waals surface area contributed by atoms with Crippen LogP contribution in [0.2, 0.25) is 0 Å². The molecule has 0 aliphatic carbocycles. The van der Waals surface area contributed by atoms with Crippen LogP contribution in [0, 0.1) is 19.8 Å². The van der Waals surface area contributed by atoms with Gasteiger partial charge in [0.2, 0.25) is 5.91 Å². The van der Waals surface area contributed by atoms with Crippen molar-refractivity contribution in [2.75, 3.05) is 34.2 Å². The number of amides is 1. The quantitative estimate of drug-likeness (QED) is 0.537. The Morgan fingerprint density at radius 3 is 2.35 bits per heavy atom. The minimum absolute atomic E-state index is 0.00271. The Bertz CT molecular complexity index is 1030. The van der Waals surface area contributed by atoms with Gasteiger partial charge in [0.25, 0.3) is 0 Å². The number of nitrogens with one attached hydrogen (secondary N) is 1. The fourth-order valence-corrected chi connectivity index (χ4v) is 5.51. The van der Waals surface area contributed by atoms with E-state index in [4.69, 9.17) is 0 Å². The predicted octanol–water partition coefficient (Wildman–Crippen LogP) is 3.00. The number of aromatic nitrogens is 1. The number of carbonyl (C=O) groups is 1. The number of piperidine rings is 1. The zero-order chi connectivity index (χ0) is 25.8. The summed E-state index contributed by atoms with van der Waals surface area (Å²) in [5.74, 6) is 0.423. The molecular formula is C25H41N5O3S. The molecule has 0 radical (unpaired) electrons. The van der Waals surface area contributed by atoms with Gasteiger partial charge in [-0.05, 0) is 88.3 Å². The molecule has 2 atom stereocenters. The van der Waals surface area contributed by atoms with Gasteiger partial charge in [-0.2, -0.15) is 12.7 Å². The maximum Gasteiger partial charge on any atom is 0.304 e. The van der Waals surface area contributed by atoms with Crippen LogP contribution in [0.4, 0.5) is 0 Å². The van der Waals surface area contributed by atoms with Crippen LogP contribution in [-0.4, -0.2) is 73.1 Å². The van der Waals surface area contributed by atoms with E-state index >= 15 is 0 Å². The van der Waals surface area contributed by atoms with Crippen LogP contribution in [-0.2, 0) is 21.4 Å². The first-order valence-electron chi connectivity index (χ1n) is 11.8. The third-order valence-corrected chi connectivity index (χ3v) is 8.32. The minimum atomic E-state index is -3.77. The van der Waals surface area contributed by atoms with Crippen molar-refractivity contribution in [3.8, 4) is 0 Å².